The monoisotopic (exact) mass is 394 g/mol. The summed E-state index contributed by atoms with van der Waals surface area (Å²) in [7, 11) is 4.97. The van der Waals surface area contributed by atoms with Gasteiger partial charge in [-0.3, -0.25) is 9.59 Å². The fraction of sp³-hybridized carbons (Fsp3) is 0.263. The molecule has 2 aromatic rings. The van der Waals surface area contributed by atoms with Gasteiger partial charge in [-0.05, 0) is 24.3 Å². The molecule has 0 saturated carbocycles. The molecule has 0 bridgehead atoms. The number of hydrogen-bond acceptors (Lipinski definition) is 3. The summed E-state index contributed by atoms with van der Waals surface area (Å²) in [6, 6.07) is 11.5. The Morgan fingerprint density at radius 3 is 2.42 bits per heavy atom. The standard InChI is InChI=1S/C19H20ClFN2O2S/c1-22(2)18(24)12-26-17-10-5-4-7-13(17)19(25)23(3)11-14-15(20)8-6-9-16(14)21/h4-10H,11-12H2,1-3H3. The summed E-state index contributed by atoms with van der Waals surface area (Å²) in [5.74, 6) is -0.509. The smallest absolute Gasteiger partial charge is 0.255 e. The topological polar surface area (TPSA) is 40.6 Å². The average Bonchev–Trinajstić information content (AvgIpc) is 2.62. The van der Waals surface area contributed by atoms with Gasteiger partial charge in [-0.1, -0.05) is 29.8 Å². The van der Waals surface area contributed by atoms with Crippen LogP contribution in [0.3, 0.4) is 0 Å². The second-order valence-corrected chi connectivity index (χ2v) is 7.36. The van der Waals surface area contributed by atoms with E-state index in [0.717, 1.165) is 0 Å². The Morgan fingerprint density at radius 1 is 1.08 bits per heavy atom. The Labute approximate surface area is 161 Å². The minimum atomic E-state index is -0.448. The molecular formula is C19H20ClFN2O2S. The molecule has 0 aliphatic carbocycles. The maximum atomic E-state index is 14.0. The summed E-state index contributed by atoms with van der Waals surface area (Å²) < 4.78 is 14.0. The largest absolute Gasteiger partial charge is 0.348 e. The molecule has 0 heterocycles. The van der Waals surface area contributed by atoms with Crippen molar-refractivity contribution in [3.63, 3.8) is 0 Å². The lowest BCUT2D eigenvalue weighted by molar-refractivity contribution is -0.125. The van der Waals surface area contributed by atoms with Crippen LogP contribution in [-0.2, 0) is 11.3 Å². The Hall–Kier alpha value is -2.05. The van der Waals surface area contributed by atoms with Gasteiger partial charge in [-0.2, -0.15) is 0 Å². The van der Waals surface area contributed by atoms with Crippen LogP contribution in [0.25, 0.3) is 0 Å². The SMILES string of the molecule is CN(C)C(=O)CSc1ccccc1C(=O)N(C)Cc1c(F)cccc1Cl. The van der Waals surface area contributed by atoms with Gasteiger partial charge in [0.1, 0.15) is 5.82 Å². The molecule has 0 aromatic heterocycles. The van der Waals surface area contributed by atoms with Gasteiger partial charge in [0.15, 0.2) is 0 Å². The highest BCUT2D eigenvalue weighted by Gasteiger charge is 2.19. The van der Waals surface area contributed by atoms with E-state index in [4.69, 9.17) is 11.6 Å². The van der Waals surface area contributed by atoms with Crippen LogP contribution in [0.2, 0.25) is 5.02 Å². The fourth-order valence-electron chi connectivity index (χ4n) is 2.24. The van der Waals surface area contributed by atoms with Crippen molar-refractivity contribution in [1.29, 1.82) is 0 Å². The maximum Gasteiger partial charge on any atom is 0.255 e. The average molecular weight is 395 g/mol. The van der Waals surface area contributed by atoms with E-state index in [2.05, 4.69) is 0 Å². The Morgan fingerprint density at radius 2 is 1.77 bits per heavy atom. The number of hydrogen-bond donors (Lipinski definition) is 0. The van der Waals surface area contributed by atoms with E-state index >= 15 is 0 Å². The Bertz CT molecular complexity index is 794. The zero-order valence-corrected chi connectivity index (χ0v) is 16.4. The summed E-state index contributed by atoms with van der Waals surface area (Å²) in [6.45, 7) is 0.0555. The Kier molecular flexibility index (Phi) is 7.06. The number of benzene rings is 2. The van der Waals surface area contributed by atoms with E-state index in [1.54, 1.807) is 45.4 Å². The summed E-state index contributed by atoms with van der Waals surface area (Å²) in [4.78, 5) is 28.2. The molecule has 0 saturated heterocycles. The highest BCUT2D eigenvalue weighted by atomic mass is 35.5. The van der Waals surface area contributed by atoms with Crippen molar-refractivity contribution in [2.24, 2.45) is 0 Å². The number of carbonyl (C=O) groups excluding carboxylic acids is 2. The predicted molar refractivity (Wildman–Crippen MR) is 103 cm³/mol. The molecule has 2 rings (SSSR count). The summed E-state index contributed by atoms with van der Waals surface area (Å²) >= 11 is 7.35. The number of nitrogens with zero attached hydrogens (tertiary/aromatic N) is 2. The van der Waals surface area contributed by atoms with Crippen LogP contribution in [-0.4, -0.2) is 48.5 Å². The minimum absolute atomic E-state index is 0.0382. The third-order valence-corrected chi connectivity index (χ3v) is 5.18. The van der Waals surface area contributed by atoms with E-state index in [1.807, 2.05) is 6.07 Å². The highest BCUT2D eigenvalue weighted by molar-refractivity contribution is 8.00. The van der Waals surface area contributed by atoms with Gasteiger partial charge in [0, 0.05) is 43.2 Å². The van der Waals surface area contributed by atoms with Gasteiger partial charge in [0.2, 0.25) is 5.91 Å². The minimum Gasteiger partial charge on any atom is -0.348 e. The van der Waals surface area contributed by atoms with Crippen LogP contribution in [0.4, 0.5) is 4.39 Å². The fourth-order valence-corrected chi connectivity index (χ4v) is 3.48. The second-order valence-electron chi connectivity index (χ2n) is 5.93. The van der Waals surface area contributed by atoms with Crippen LogP contribution in [0.5, 0.6) is 0 Å². The lowest BCUT2D eigenvalue weighted by Gasteiger charge is -2.20. The van der Waals surface area contributed by atoms with Gasteiger partial charge in [-0.15, -0.1) is 11.8 Å². The van der Waals surface area contributed by atoms with Gasteiger partial charge < -0.3 is 9.80 Å². The molecule has 0 aliphatic heterocycles. The first kappa shape index (κ1) is 20.3. The molecule has 26 heavy (non-hydrogen) atoms. The van der Waals surface area contributed by atoms with Crippen molar-refractivity contribution in [2.45, 2.75) is 11.4 Å². The zero-order valence-electron chi connectivity index (χ0n) is 14.8. The zero-order chi connectivity index (χ0) is 19.3. The van der Waals surface area contributed by atoms with Gasteiger partial charge in [-0.25, -0.2) is 4.39 Å². The van der Waals surface area contributed by atoms with Crippen molar-refractivity contribution in [3.8, 4) is 0 Å². The van der Waals surface area contributed by atoms with Crippen molar-refractivity contribution >= 4 is 35.2 Å². The lowest BCUT2D eigenvalue weighted by Crippen LogP contribution is -2.27. The van der Waals surface area contributed by atoms with E-state index in [1.165, 1.54) is 33.7 Å². The normalized spacial score (nSPS) is 10.5. The lowest BCUT2D eigenvalue weighted by atomic mass is 10.1. The number of thioether (sulfide) groups is 1. The van der Waals surface area contributed by atoms with Gasteiger partial charge >= 0.3 is 0 Å². The number of amides is 2. The molecule has 0 N–H and O–H groups in total. The summed E-state index contributed by atoms with van der Waals surface area (Å²) in [6.07, 6.45) is 0. The number of rotatable bonds is 6. The molecule has 7 heteroatoms. The van der Waals surface area contributed by atoms with Crippen LogP contribution in [0.15, 0.2) is 47.4 Å². The first-order chi connectivity index (χ1) is 12.3. The third-order valence-electron chi connectivity index (χ3n) is 3.77. The van der Waals surface area contributed by atoms with Crippen molar-refractivity contribution in [1.82, 2.24) is 9.80 Å². The van der Waals surface area contributed by atoms with Gasteiger partial charge in [0.25, 0.3) is 5.91 Å². The van der Waals surface area contributed by atoms with Crippen molar-refractivity contribution < 1.29 is 14.0 Å². The van der Waals surface area contributed by atoms with E-state index in [-0.39, 0.29) is 34.7 Å². The van der Waals surface area contributed by atoms with Crippen LogP contribution in [0, 0.1) is 5.82 Å². The van der Waals surface area contributed by atoms with Crippen molar-refractivity contribution in [2.75, 3.05) is 26.9 Å². The molecule has 138 valence electrons. The molecule has 2 amide bonds. The maximum absolute atomic E-state index is 14.0. The highest BCUT2D eigenvalue weighted by Crippen LogP contribution is 2.26. The quantitative estimate of drug-likeness (QED) is 0.697. The van der Waals surface area contributed by atoms with E-state index in [0.29, 0.717) is 10.5 Å². The molecular weight excluding hydrogens is 375 g/mol. The summed E-state index contributed by atoms with van der Waals surface area (Å²) in [5, 5.41) is 0.281. The molecule has 4 nitrogen and oxygen atoms in total. The number of carbonyl (C=O) groups is 2. The molecule has 0 atom stereocenters. The second kappa shape index (κ2) is 9.05. The molecule has 0 aliphatic rings. The van der Waals surface area contributed by atoms with Crippen molar-refractivity contribution in [3.05, 3.63) is 64.4 Å². The van der Waals surface area contributed by atoms with Crippen LogP contribution >= 0.6 is 23.4 Å². The van der Waals surface area contributed by atoms with Crippen LogP contribution in [0.1, 0.15) is 15.9 Å². The predicted octanol–water partition coefficient (Wildman–Crippen LogP) is 3.93. The third kappa shape index (κ3) is 4.99. The molecule has 2 aromatic carbocycles. The van der Waals surface area contributed by atoms with E-state index in [9.17, 15) is 14.0 Å². The van der Waals surface area contributed by atoms with Gasteiger partial charge in [0.05, 0.1) is 11.3 Å². The summed E-state index contributed by atoms with van der Waals surface area (Å²) in [5.41, 5.74) is 0.747. The van der Waals surface area contributed by atoms with E-state index < -0.39 is 5.82 Å². The molecule has 0 fully saturated rings. The molecule has 0 radical (unpaired) electrons. The molecule has 0 spiro atoms. The first-order valence-electron chi connectivity index (χ1n) is 7.91. The Balaban J connectivity index is 2.17. The molecule has 0 unspecified atom stereocenters. The number of halogens is 2. The first-order valence-corrected chi connectivity index (χ1v) is 9.28. The van der Waals surface area contributed by atoms with Crippen LogP contribution < -0.4 is 0 Å².